The number of hydrogen-bond acceptors (Lipinski definition) is 4. The zero-order valence-corrected chi connectivity index (χ0v) is 19.7. The molecule has 5 aliphatic rings. The van der Waals surface area contributed by atoms with Crippen LogP contribution in [0.1, 0.15) is 70.6 Å². The number of amides is 1. The SMILES string of the molecule is NC(=O)C12CC3CC(C1)C(CC(=O)C1(NS(=O)(=O)c4ccccc4F)CCCCC1)C(C3)C2. The average molecular weight is 477 g/mol. The van der Waals surface area contributed by atoms with E-state index in [1.165, 1.54) is 18.2 Å². The van der Waals surface area contributed by atoms with Crippen molar-refractivity contribution >= 4 is 21.7 Å². The minimum atomic E-state index is -4.18. The zero-order chi connectivity index (χ0) is 23.4. The molecule has 0 heterocycles. The Balaban J connectivity index is 1.39. The predicted octanol–water partition coefficient (Wildman–Crippen LogP) is 3.69. The van der Waals surface area contributed by atoms with E-state index >= 15 is 0 Å². The molecule has 0 aliphatic heterocycles. The van der Waals surface area contributed by atoms with Crippen LogP contribution in [-0.2, 0) is 19.6 Å². The maximum atomic E-state index is 14.3. The van der Waals surface area contributed by atoms with Crippen LogP contribution in [-0.4, -0.2) is 25.6 Å². The maximum absolute atomic E-state index is 14.3. The molecule has 2 atom stereocenters. The van der Waals surface area contributed by atoms with Crippen molar-refractivity contribution in [1.82, 2.24) is 4.72 Å². The third kappa shape index (κ3) is 3.93. The minimum Gasteiger partial charge on any atom is -0.369 e. The minimum absolute atomic E-state index is 0.0762. The molecular weight excluding hydrogens is 443 g/mol. The van der Waals surface area contributed by atoms with Gasteiger partial charge < -0.3 is 5.73 Å². The van der Waals surface area contributed by atoms with Crippen molar-refractivity contribution in [3.8, 4) is 0 Å². The number of benzene rings is 1. The van der Waals surface area contributed by atoms with Gasteiger partial charge in [-0.1, -0.05) is 31.4 Å². The van der Waals surface area contributed by atoms with Gasteiger partial charge in [-0.15, -0.1) is 0 Å². The summed E-state index contributed by atoms with van der Waals surface area (Å²) in [5.41, 5.74) is 4.20. The van der Waals surface area contributed by atoms with E-state index in [0.717, 1.165) is 57.4 Å². The molecule has 0 radical (unpaired) electrons. The number of sulfonamides is 1. The summed E-state index contributed by atoms with van der Waals surface area (Å²) in [5.74, 6) is 0.151. The summed E-state index contributed by atoms with van der Waals surface area (Å²) in [6, 6.07) is 5.28. The summed E-state index contributed by atoms with van der Waals surface area (Å²) in [6.45, 7) is 0. The average Bonchev–Trinajstić information content (AvgIpc) is 2.76. The molecule has 1 aromatic rings. The Kier molecular flexibility index (Phi) is 5.67. The van der Waals surface area contributed by atoms with Crippen LogP contribution in [0.25, 0.3) is 0 Å². The van der Waals surface area contributed by atoms with Crippen molar-refractivity contribution in [2.45, 2.75) is 81.1 Å². The topological polar surface area (TPSA) is 106 Å². The fraction of sp³-hybridized carbons (Fsp3) is 0.680. The van der Waals surface area contributed by atoms with Gasteiger partial charge in [-0.05, 0) is 80.8 Å². The normalized spacial score (nSPS) is 34.8. The van der Waals surface area contributed by atoms with E-state index in [-0.39, 0.29) is 29.4 Å². The van der Waals surface area contributed by atoms with Crippen LogP contribution in [0.3, 0.4) is 0 Å². The van der Waals surface area contributed by atoms with E-state index in [9.17, 15) is 22.4 Å². The Labute approximate surface area is 194 Å². The highest BCUT2D eigenvalue weighted by molar-refractivity contribution is 7.89. The zero-order valence-electron chi connectivity index (χ0n) is 18.9. The highest BCUT2D eigenvalue weighted by Gasteiger charge is 2.58. The molecule has 0 saturated heterocycles. The van der Waals surface area contributed by atoms with Crippen molar-refractivity contribution in [2.24, 2.45) is 34.8 Å². The molecule has 0 aromatic heterocycles. The molecule has 33 heavy (non-hydrogen) atoms. The van der Waals surface area contributed by atoms with Gasteiger partial charge >= 0.3 is 0 Å². The molecule has 6 nitrogen and oxygen atoms in total. The standard InChI is InChI=1S/C25H33FN2O4S/c26-20-6-2-3-7-21(20)33(31,32)28-25(8-4-1-5-9-25)22(29)12-19-17-10-16-11-18(19)15-24(13-16,14-17)23(27)30/h2-3,6-7,16-19,28H,1,4-5,8-15H2,(H2,27,30). The number of ketones is 1. The summed E-state index contributed by atoms with van der Waals surface area (Å²) >= 11 is 0. The Morgan fingerprint density at radius 3 is 2.27 bits per heavy atom. The number of carbonyl (C=O) groups is 2. The van der Waals surface area contributed by atoms with Crippen molar-refractivity contribution in [3.63, 3.8) is 0 Å². The summed E-state index contributed by atoms with van der Waals surface area (Å²) < 4.78 is 43.2. The Morgan fingerprint density at radius 2 is 1.67 bits per heavy atom. The molecule has 8 heteroatoms. The van der Waals surface area contributed by atoms with Crippen LogP contribution in [0, 0.1) is 34.9 Å². The van der Waals surface area contributed by atoms with Gasteiger partial charge in [0, 0.05) is 11.8 Å². The predicted molar refractivity (Wildman–Crippen MR) is 121 cm³/mol. The van der Waals surface area contributed by atoms with Gasteiger partial charge in [0.15, 0.2) is 5.78 Å². The van der Waals surface area contributed by atoms with Crippen LogP contribution in [0.15, 0.2) is 29.2 Å². The number of halogens is 1. The highest BCUT2D eigenvalue weighted by Crippen LogP contribution is 2.63. The largest absolute Gasteiger partial charge is 0.369 e. The Bertz CT molecular complexity index is 1050. The monoisotopic (exact) mass is 476 g/mol. The van der Waals surface area contributed by atoms with Crippen molar-refractivity contribution in [1.29, 1.82) is 0 Å². The first kappa shape index (κ1) is 23.0. The first-order valence-electron chi connectivity index (χ1n) is 12.3. The molecule has 0 spiro atoms. The Hall–Kier alpha value is -1.80. The second-order valence-corrected chi connectivity index (χ2v) is 12.7. The summed E-state index contributed by atoms with van der Waals surface area (Å²) in [6.07, 6.45) is 8.10. The van der Waals surface area contributed by atoms with Gasteiger partial charge in [0.25, 0.3) is 0 Å². The van der Waals surface area contributed by atoms with E-state index in [2.05, 4.69) is 4.72 Å². The van der Waals surface area contributed by atoms with Gasteiger partial charge in [-0.25, -0.2) is 12.8 Å². The summed E-state index contributed by atoms with van der Waals surface area (Å²) in [7, 11) is -4.18. The van der Waals surface area contributed by atoms with Crippen LogP contribution in [0.5, 0.6) is 0 Å². The number of nitrogens with one attached hydrogen (secondary N) is 1. The van der Waals surface area contributed by atoms with Gasteiger partial charge in [0.1, 0.15) is 10.7 Å². The number of hydrogen-bond donors (Lipinski definition) is 2. The van der Waals surface area contributed by atoms with Crippen molar-refractivity contribution in [3.05, 3.63) is 30.1 Å². The van der Waals surface area contributed by atoms with Gasteiger partial charge in [0.05, 0.1) is 5.54 Å². The van der Waals surface area contributed by atoms with E-state index in [1.54, 1.807) is 0 Å². The van der Waals surface area contributed by atoms with Gasteiger partial charge in [0.2, 0.25) is 15.9 Å². The third-order valence-corrected chi connectivity index (χ3v) is 10.7. The fourth-order valence-electron chi connectivity index (χ4n) is 7.74. The number of carbonyl (C=O) groups excluding carboxylic acids is 2. The molecule has 5 fully saturated rings. The molecular formula is C25H33FN2O4S. The summed E-state index contributed by atoms with van der Waals surface area (Å²) in [5, 5.41) is 0. The van der Waals surface area contributed by atoms with Crippen LogP contribution >= 0.6 is 0 Å². The highest BCUT2D eigenvalue weighted by atomic mass is 32.2. The van der Waals surface area contributed by atoms with Crippen molar-refractivity contribution < 1.29 is 22.4 Å². The second-order valence-electron chi connectivity index (χ2n) is 11.1. The van der Waals surface area contributed by atoms with Crippen LogP contribution in [0.2, 0.25) is 0 Å². The quantitative estimate of drug-likeness (QED) is 0.626. The van der Waals surface area contributed by atoms with Crippen LogP contribution in [0.4, 0.5) is 4.39 Å². The van der Waals surface area contributed by atoms with E-state index in [0.29, 0.717) is 25.2 Å². The second kappa shape index (κ2) is 8.15. The lowest BCUT2D eigenvalue weighted by Crippen LogP contribution is -2.59. The van der Waals surface area contributed by atoms with E-state index in [1.807, 2.05) is 0 Å². The molecule has 3 N–H and O–H groups in total. The maximum Gasteiger partial charge on any atom is 0.244 e. The molecule has 5 saturated carbocycles. The lowest BCUT2D eigenvalue weighted by molar-refractivity contribution is -0.152. The third-order valence-electron chi connectivity index (χ3n) is 9.11. The summed E-state index contributed by atoms with van der Waals surface area (Å²) in [4.78, 5) is 25.6. The van der Waals surface area contributed by atoms with Crippen LogP contribution < -0.4 is 10.5 Å². The molecule has 1 aromatic carbocycles. The first-order valence-corrected chi connectivity index (χ1v) is 13.7. The smallest absolute Gasteiger partial charge is 0.244 e. The molecule has 4 bridgehead atoms. The Morgan fingerprint density at radius 1 is 1.03 bits per heavy atom. The number of Topliss-reactive ketones (excluding diaryl/α,β-unsaturated/α-hetero) is 1. The number of primary amides is 1. The molecule has 1 amide bonds. The molecule has 2 unspecified atom stereocenters. The van der Waals surface area contributed by atoms with Crippen molar-refractivity contribution in [2.75, 3.05) is 0 Å². The lowest BCUT2D eigenvalue weighted by Gasteiger charge is -2.59. The van der Waals surface area contributed by atoms with Gasteiger partial charge in [-0.2, -0.15) is 4.72 Å². The molecule has 6 rings (SSSR count). The lowest BCUT2D eigenvalue weighted by atomic mass is 9.45. The van der Waals surface area contributed by atoms with Gasteiger partial charge in [-0.3, -0.25) is 9.59 Å². The number of rotatable bonds is 7. The first-order chi connectivity index (χ1) is 15.6. The van der Waals surface area contributed by atoms with E-state index in [4.69, 9.17) is 5.73 Å². The fourth-order valence-corrected chi connectivity index (χ4v) is 9.27. The molecule has 5 aliphatic carbocycles. The number of nitrogens with two attached hydrogens (primary N) is 1. The molecule has 180 valence electrons. The van der Waals surface area contributed by atoms with E-state index < -0.39 is 31.7 Å².